The van der Waals surface area contributed by atoms with Gasteiger partial charge in [0, 0.05) is 19.3 Å². The Hall–Kier alpha value is -1.36. The molecule has 0 bridgehead atoms. The number of amides is 1. The monoisotopic (exact) mass is 307 g/mol. The van der Waals surface area contributed by atoms with Crippen molar-refractivity contribution in [2.24, 2.45) is 18.4 Å². The van der Waals surface area contributed by atoms with Crippen molar-refractivity contribution in [3.8, 4) is 0 Å². The number of hydrogen-bond acceptors (Lipinski definition) is 3. The molecule has 1 heterocycles. The molecule has 0 saturated heterocycles. The Bertz CT molecular complexity index is 515. The first kappa shape index (κ1) is 17.0. The lowest BCUT2D eigenvalue weighted by molar-refractivity contribution is -0.0228. The van der Waals surface area contributed by atoms with Crippen molar-refractivity contribution in [2.45, 2.75) is 59.0 Å². The molecule has 1 fully saturated rings. The number of carbonyl (C=O) groups is 1. The SMILES string of the molecule is Cc1cc(C(=O)NCC2(O)CCC(C(C)(C)C)CC2)nn1C. The van der Waals surface area contributed by atoms with E-state index in [0.29, 0.717) is 18.2 Å². The minimum Gasteiger partial charge on any atom is -0.388 e. The highest BCUT2D eigenvalue weighted by molar-refractivity contribution is 5.92. The Morgan fingerprint density at radius 2 is 2.05 bits per heavy atom. The van der Waals surface area contributed by atoms with Crippen LogP contribution in [0.2, 0.25) is 0 Å². The molecule has 5 nitrogen and oxygen atoms in total. The fraction of sp³-hybridized carbons (Fsp3) is 0.765. The number of nitrogens with zero attached hydrogens (tertiary/aromatic N) is 2. The molecule has 1 saturated carbocycles. The Morgan fingerprint density at radius 3 is 2.50 bits per heavy atom. The van der Waals surface area contributed by atoms with Gasteiger partial charge in [-0.1, -0.05) is 20.8 Å². The molecule has 1 aromatic rings. The van der Waals surface area contributed by atoms with Crippen LogP contribution in [0.5, 0.6) is 0 Å². The van der Waals surface area contributed by atoms with E-state index < -0.39 is 5.60 Å². The van der Waals surface area contributed by atoms with Gasteiger partial charge in [-0.3, -0.25) is 9.48 Å². The molecule has 1 amide bonds. The minimum atomic E-state index is -0.777. The largest absolute Gasteiger partial charge is 0.388 e. The van der Waals surface area contributed by atoms with Crippen molar-refractivity contribution in [3.05, 3.63) is 17.5 Å². The highest BCUT2D eigenvalue weighted by atomic mass is 16.3. The third-order valence-electron chi connectivity index (χ3n) is 5.07. The summed E-state index contributed by atoms with van der Waals surface area (Å²) in [6.45, 7) is 8.98. The quantitative estimate of drug-likeness (QED) is 0.901. The zero-order chi connectivity index (χ0) is 16.5. The predicted octanol–water partition coefficient (Wildman–Crippen LogP) is 2.43. The molecule has 2 N–H and O–H groups in total. The number of rotatable bonds is 3. The molecular weight excluding hydrogens is 278 g/mol. The van der Waals surface area contributed by atoms with E-state index in [-0.39, 0.29) is 11.3 Å². The standard InChI is InChI=1S/C17H29N3O2/c1-12-10-14(19-20(12)5)15(21)18-11-17(22)8-6-13(7-9-17)16(2,3)4/h10,13,22H,6-9,11H2,1-5H3,(H,18,21). The van der Waals surface area contributed by atoms with Crippen LogP contribution in [0.25, 0.3) is 0 Å². The van der Waals surface area contributed by atoms with Crippen LogP contribution in [0.15, 0.2) is 6.07 Å². The van der Waals surface area contributed by atoms with E-state index in [1.807, 2.05) is 14.0 Å². The van der Waals surface area contributed by atoms with Crippen molar-refractivity contribution in [1.82, 2.24) is 15.1 Å². The Morgan fingerprint density at radius 1 is 1.45 bits per heavy atom. The lowest BCUT2D eigenvalue weighted by atomic mass is 9.68. The second kappa shape index (κ2) is 6.03. The number of hydrogen-bond donors (Lipinski definition) is 2. The van der Waals surface area contributed by atoms with Crippen molar-refractivity contribution in [3.63, 3.8) is 0 Å². The Kier molecular flexibility index (Phi) is 4.66. The summed E-state index contributed by atoms with van der Waals surface area (Å²) >= 11 is 0. The first-order valence-corrected chi connectivity index (χ1v) is 8.12. The third kappa shape index (κ3) is 3.88. The summed E-state index contributed by atoms with van der Waals surface area (Å²) in [5.74, 6) is 0.428. The Labute approximate surface area is 133 Å². The van der Waals surface area contributed by atoms with Gasteiger partial charge in [-0.15, -0.1) is 0 Å². The summed E-state index contributed by atoms with van der Waals surface area (Å²) in [6, 6.07) is 1.76. The molecular formula is C17H29N3O2. The molecule has 0 atom stereocenters. The lowest BCUT2D eigenvalue weighted by Gasteiger charge is -2.41. The topological polar surface area (TPSA) is 67.2 Å². The van der Waals surface area contributed by atoms with E-state index in [0.717, 1.165) is 31.4 Å². The van der Waals surface area contributed by atoms with Crippen molar-refractivity contribution >= 4 is 5.91 Å². The van der Waals surface area contributed by atoms with Crippen molar-refractivity contribution in [1.29, 1.82) is 0 Å². The van der Waals surface area contributed by atoms with Gasteiger partial charge < -0.3 is 10.4 Å². The van der Waals surface area contributed by atoms with Crippen LogP contribution in [-0.2, 0) is 7.05 Å². The lowest BCUT2D eigenvalue weighted by Crippen LogP contribution is -2.46. The zero-order valence-electron chi connectivity index (χ0n) is 14.4. The molecule has 1 aliphatic rings. The Balaban J connectivity index is 1.88. The van der Waals surface area contributed by atoms with E-state index in [1.165, 1.54) is 0 Å². The van der Waals surface area contributed by atoms with Gasteiger partial charge in [0.05, 0.1) is 5.60 Å². The predicted molar refractivity (Wildman–Crippen MR) is 86.6 cm³/mol. The summed E-state index contributed by atoms with van der Waals surface area (Å²) in [6.07, 6.45) is 3.52. The molecule has 1 aliphatic carbocycles. The van der Waals surface area contributed by atoms with E-state index in [4.69, 9.17) is 0 Å². The van der Waals surface area contributed by atoms with E-state index >= 15 is 0 Å². The summed E-state index contributed by atoms with van der Waals surface area (Å²) in [5, 5.41) is 17.7. The number of carbonyl (C=O) groups excluding carboxylic acids is 1. The summed E-state index contributed by atoms with van der Waals surface area (Å²) < 4.78 is 1.68. The van der Waals surface area contributed by atoms with Crippen LogP contribution < -0.4 is 5.32 Å². The average Bonchev–Trinajstić information content (AvgIpc) is 2.76. The second-order valence-electron chi connectivity index (χ2n) is 7.84. The maximum absolute atomic E-state index is 12.1. The minimum absolute atomic E-state index is 0.213. The summed E-state index contributed by atoms with van der Waals surface area (Å²) in [7, 11) is 1.81. The zero-order valence-corrected chi connectivity index (χ0v) is 14.4. The van der Waals surface area contributed by atoms with Crippen LogP contribution >= 0.6 is 0 Å². The molecule has 0 unspecified atom stereocenters. The molecule has 124 valence electrons. The summed E-state index contributed by atoms with van der Waals surface area (Å²) in [4.78, 5) is 12.1. The number of aliphatic hydroxyl groups is 1. The highest BCUT2D eigenvalue weighted by Gasteiger charge is 2.37. The first-order valence-electron chi connectivity index (χ1n) is 8.12. The molecule has 2 rings (SSSR count). The highest BCUT2D eigenvalue weighted by Crippen LogP contribution is 2.41. The van der Waals surface area contributed by atoms with E-state index in [1.54, 1.807) is 10.7 Å². The van der Waals surface area contributed by atoms with E-state index in [2.05, 4.69) is 31.2 Å². The fourth-order valence-corrected chi connectivity index (χ4v) is 3.20. The molecule has 0 aromatic carbocycles. The van der Waals surface area contributed by atoms with Gasteiger partial charge in [0.25, 0.3) is 5.91 Å². The van der Waals surface area contributed by atoms with Gasteiger partial charge >= 0.3 is 0 Å². The average molecular weight is 307 g/mol. The number of aryl methyl sites for hydroxylation is 2. The molecule has 5 heteroatoms. The van der Waals surface area contributed by atoms with E-state index in [9.17, 15) is 9.90 Å². The van der Waals surface area contributed by atoms with Gasteiger partial charge in [-0.2, -0.15) is 5.10 Å². The van der Waals surface area contributed by atoms with Gasteiger partial charge in [-0.25, -0.2) is 0 Å². The van der Waals surface area contributed by atoms with Gasteiger partial charge in [0.1, 0.15) is 5.69 Å². The molecule has 0 radical (unpaired) electrons. The fourth-order valence-electron chi connectivity index (χ4n) is 3.20. The third-order valence-corrected chi connectivity index (χ3v) is 5.07. The molecule has 1 aromatic heterocycles. The second-order valence-corrected chi connectivity index (χ2v) is 7.84. The number of nitrogens with one attached hydrogen (secondary N) is 1. The van der Waals surface area contributed by atoms with Crippen LogP contribution in [-0.4, -0.2) is 32.9 Å². The van der Waals surface area contributed by atoms with Crippen molar-refractivity contribution < 1.29 is 9.90 Å². The van der Waals surface area contributed by atoms with Crippen LogP contribution in [0, 0.1) is 18.3 Å². The van der Waals surface area contributed by atoms with Crippen molar-refractivity contribution in [2.75, 3.05) is 6.54 Å². The van der Waals surface area contributed by atoms with Crippen LogP contribution in [0.3, 0.4) is 0 Å². The van der Waals surface area contributed by atoms with Gasteiger partial charge in [0.2, 0.25) is 0 Å². The van der Waals surface area contributed by atoms with Crippen LogP contribution in [0.4, 0.5) is 0 Å². The first-order chi connectivity index (χ1) is 10.1. The molecule has 0 aliphatic heterocycles. The molecule has 0 spiro atoms. The van der Waals surface area contributed by atoms with Gasteiger partial charge in [0.15, 0.2) is 0 Å². The van der Waals surface area contributed by atoms with Crippen LogP contribution in [0.1, 0.15) is 62.6 Å². The molecule has 22 heavy (non-hydrogen) atoms. The van der Waals surface area contributed by atoms with Gasteiger partial charge in [-0.05, 0) is 50.0 Å². The summed E-state index contributed by atoms with van der Waals surface area (Å²) in [5.41, 5.74) is 0.860. The normalized spacial score (nSPS) is 26.0. The smallest absolute Gasteiger partial charge is 0.271 e. The maximum Gasteiger partial charge on any atom is 0.271 e. The maximum atomic E-state index is 12.1. The number of aromatic nitrogens is 2.